The van der Waals surface area contributed by atoms with Crippen molar-refractivity contribution >= 4 is 40.8 Å². The average molecular weight is 556 g/mol. The van der Waals surface area contributed by atoms with Gasteiger partial charge in [-0.15, -0.1) is 24.0 Å². The van der Waals surface area contributed by atoms with Crippen LogP contribution in [-0.4, -0.2) is 30.9 Å². The number of hydrogen-bond acceptors (Lipinski definition) is 5. The van der Waals surface area contributed by atoms with Crippen LogP contribution in [0.25, 0.3) is 10.9 Å². The first-order valence-corrected chi connectivity index (χ1v) is 9.86. The van der Waals surface area contributed by atoms with Crippen molar-refractivity contribution in [1.82, 2.24) is 15.6 Å². The van der Waals surface area contributed by atoms with E-state index in [1.165, 1.54) is 6.07 Å². The SMILES string of the molecule is CCNC(=NCc1cc2c(cc1OC(F)F)OCO2)NCc1cccc2cccnc12.I. The van der Waals surface area contributed by atoms with Crippen LogP contribution in [0.2, 0.25) is 0 Å². The molecule has 0 spiro atoms. The number of guanidine groups is 1. The third-order valence-corrected chi connectivity index (χ3v) is 4.69. The normalized spacial score (nSPS) is 12.6. The van der Waals surface area contributed by atoms with Gasteiger partial charge in [0, 0.05) is 36.3 Å². The summed E-state index contributed by atoms with van der Waals surface area (Å²) >= 11 is 0. The van der Waals surface area contributed by atoms with E-state index < -0.39 is 6.61 Å². The maximum absolute atomic E-state index is 12.8. The molecule has 0 saturated carbocycles. The van der Waals surface area contributed by atoms with E-state index in [0.717, 1.165) is 16.5 Å². The van der Waals surface area contributed by atoms with Crippen LogP contribution in [0.15, 0.2) is 53.7 Å². The van der Waals surface area contributed by atoms with E-state index in [1.807, 2.05) is 37.3 Å². The predicted octanol–water partition coefficient (Wildman–Crippen LogP) is 4.44. The van der Waals surface area contributed by atoms with Gasteiger partial charge in [-0.3, -0.25) is 4.98 Å². The van der Waals surface area contributed by atoms with Crippen LogP contribution in [0, 0.1) is 0 Å². The van der Waals surface area contributed by atoms with Gasteiger partial charge in [0.2, 0.25) is 6.79 Å². The molecule has 1 aromatic heterocycles. The highest BCUT2D eigenvalue weighted by Crippen LogP contribution is 2.39. The van der Waals surface area contributed by atoms with Gasteiger partial charge in [0.1, 0.15) is 5.75 Å². The number of pyridine rings is 1. The number of alkyl halides is 2. The fourth-order valence-electron chi connectivity index (χ4n) is 3.29. The van der Waals surface area contributed by atoms with Crippen LogP contribution >= 0.6 is 24.0 Å². The Bertz CT molecular complexity index is 1090. The lowest BCUT2D eigenvalue weighted by atomic mass is 10.1. The highest BCUT2D eigenvalue weighted by molar-refractivity contribution is 14.0. The number of nitrogens with zero attached hydrogens (tertiary/aromatic N) is 2. The Morgan fingerprint density at radius 2 is 1.91 bits per heavy atom. The summed E-state index contributed by atoms with van der Waals surface area (Å²) in [6.45, 7) is 0.292. The molecule has 7 nitrogen and oxygen atoms in total. The molecular weight excluding hydrogens is 533 g/mol. The molecule has 0 amide bonds. The second kappa shape index (κ2) is 11.1. The van der Waals surface area contributed by atoms with Crippen molar-refractivity contribution in [3.05, 3.63) is 59.8 Å². The molecule has 0 bridgehead atoms. The van der Waals surface area contributed by atoms with E-state index in [-0.39, 0.29) is 43.1 Å². The van der Waals surface area contributed by atoms with Crippen molar-refractivity contribution in [2.75, 3.05) is 13.3 Å². The van der Waals surface area contributed by atoms with Crippen molar-refractivity contribution < 1.29 is 23.0 Å². The molecule has 4 rings (SSSR count). The van der Waals surface area contributed by atoms with Crippen LogP contribution in [-0.2, 0) is 13.1 Å². The van der Waals surface area contributed by atoms with Crippen LogP contribution < -0.4 is 24.8 Å². The summed E-state index contributed by atoms with van der Waals surface area (Å²) < 4.78 is 40.9. The van der Waals surface area contributed by atoms with Crippen LogP contribution in [0.3, 0.4) is 0 Å². The fourth-order valence-corrected chi connectivity index (χ4v) is 3.29. The molecule has 10 heteroatoms. The van der Waals surface area contributed by atoms with Gasteiger partial charge >= 0.3 is 6.61 Å². The van der Waals surface area contributed by atoms with E-state index in [4.69, 9.17) is 9.47 Å². The Morgan fingerprint density at radius 3 is 2.69 bits per heavy atom. The second-order valence-electron chi connectivity index (χ2n) is 6.73. The lowest BCUT2D eigenvalue weighted by Gasteiger charge is -2.14. The molecule has 2 aromatic carbocycles. The Morgan fingerprint density at radius 1 is 1.12 bits per heavy atom. The predicted molar refractivity (Wildman–Crippen MR) is 128 cm³/mol. The highest BCUT2D eigenvalue weighted by atomic mass is 127. The topological polar surface area (TPSA) is 77.0 Å². The van der Waals surface area contributed by atoms with Gasteiger partial charge in [-0.05, 0) is 24.6 Å². The van der Waals surface area contributed by atoms with E-state index >= 15 is 0 Å². The van der Waals surface area contributed by atoms with Gasteiger partial charge in [0.25, 0.3) is 0 Å². The average Bonchev–Trinajstić information content (AvgIpc) is 3.22. The molecule has 0 radical (unpaired) electrons. The maximum atomic E-state index is 12.8. The Balaban J connectivity index is 0.00000289. The number of para-hydroxylation sites is 1. The fraction of sp³-hybridized carbons (Fsp3) is 0.273. The quantitative estimate of drug-likeness (QED) is 0.255. The summed E-state index contributed by atoms with van der Waals surface area (Å²) in [5, 5.41) is 7.48. The first-order chi connectivity index (χ1) is 15.1. The van der Waals surface area contributed by atoms with E-state index in [9.17, 15) is 8.78 Å². The molecule has 2 N–H and O–H groups in total. The Labute approximate surface area is 201 Å². The summed E-state index contributed by atoms with van der Waals surface area (Å²) in [6, 6.07) is 12.9. The van der Waals surface area contributed by atoms with Crippen molar-refractivity contribution in [3.63, 3.8) is 0 Å². The second-order valence-corrected chi connectivity index (χ2v) is 6.73. The van der Waals surface area contributed by atoms with Gasteiger partial charge in [-0.2, -0.15) is 8.78 Å². The lowest BCUT2D eigenvalue weighted by Crippen LogP contribution is -2.36. The Kier molecular flexibility index (Phi) is 8.26. The smallest absolute Gasteiger partial charge is 0.387 e. The zero-order valence-electron chi connectivity index (χ0n) is 17.3. The van der Waals surface area contributed by atoms with Gasteiger partial charge in [0.05, 0.1) is 12.1 Å². The lowest BCUT2D eigenvalue weighted by molar-refractivity contribution is -0.0505. The third-order valence-electron chi connectivity index (χ3n) is 4.69. The third kappa shape index (κ3) is 5.67. The molecule has 32 heavy (non-hydrogen) atoms. The zero-order chi connectivity index (χ0) is 21.6. The molecule has 1 aliphatic heterocycles. The first-order valence-electron chi connectivity index (χ1n) is 9.86. The summed E-state index contributed by atoms with van der Waals surface area (Å²) in [4.78, 5) is 8.98. The monoisotopic (exact) mass is 556 g/mol. The summed E-state index contributed by atoms with van der Waals surface area (Å²) in [7, 11) is 0. The number of ether oxygens (including phenoxy) is 3. The summed E-state index contributed by atoms with van der Waals surface area (Å²) in [5.74, 6) is 1.40. The maximum Gasteiger partial charge on any atom is 0.387 e. The van der Waals surface area contributed by atoms with Gasteiger partial charge in [0.15, 0.2) is 17.5 Å². The summed E-state index contributed by atoms with van der Waals surface area (Å²) in [5.41, 5.74) is 2.40. The molecule has 170 valence electrons. The van der Waals surface area contributed by atoms with E-state index in [2.05, 4.69) is 25.3 Å². The Hall–Kier alpha value is -2.89. The minimum absolute atomic E-state index is 0. The van der Waals surface area contributed by atoms with Crippen molar-refractivity contribution in [1.29, 1.82) is 0 Å². The van der Waals surface area contributed by atoms with E-state index in [1.54, 1.807) is 12.3 Å². The largest absolute Gasteiger partial charge is 0.454 e. The van der Waals surface area contributed by atoms with Crippen molar-refractivity contribution in [2.45, 2.75) is 26.6 Å². The number of hydrogen-bond donors (Lipinski definition) is 2. The molecule has 2 heterocycles. The standard InChI is InChI=1S/C22H22F2N4O3.HI/c1-2-25-22(27-11-15-6-3-5-14-7-4-8-26-20(14)15)28-12-16-9-18-19(30-13-29-18)10-17(16)31-21(23)24;/h3-10,21H,2,11-13H2,1H3,(H2,25,27,28);1H. The van der Waals surface area contributed by atoms with Gasteiger partial charge in [-0.1, -0.05) is 24.3 Å². The van der Waals surface area contributed by atoms with Gasteiger partial charge in [-0.25, -0.2) is 4.99 Å². The molecule has 1 aliphatic rings. The number of aromatic nitrogens is 1. The molecule has 3 aromatic rings. The number of halogens is 3. The number of rotatable bonds is 7. The van der Waals surface area contributed by atoms with Crippen molar-refractivity contribution in [2.24, 2.45) is 4.99 Å². The number of nitrogens with one attached hydrogen (secondary N) is 2. The number of fused-ring (bicyclic) bond motifs is 2. The van der Waals surface area contributed by atoms with E-state index in [0.29, 0.717) is 36.1 Å². The highest BCUT2D eigenvalue weighted by Gasteiger charge is 2.20. The molecule has 0 saturated heterocycles. The van der Waals surface area contributed by atoms with Crippen molar-refractivity contribution in [3.8, 4) is 17.2 Å². The summed E-state index contributed by atoms with van der Waals surface area (Å²) in [6.07, 6.45) is 1.76. The zero-order valence-corrected chi connectivity index (χ0v) is 19.6. The van der Waals surface area contributed by atoms with Crippen LogP contribution in [0.4, 0.5) is 8.78 Å². The minimum Gasteiger partial charge on any atom is -0.454 e. The number of aliphatic imine (C=N–C) groups is 1. The van der Waals surface area contributed by atoms with Crippen LogP contribution in [0.5, 0.6) is 17.2 Å². The molecular formula is C22H23F2IN4O3. The molecule has 0 unspecified atom stereocenters. The minimum atomic E-state index is -2.95. The molecule has 0 atom stereocenters. The molecule has 0 fully saturated rings. The van der Waals surface area contributed by atoms with Crippen LogP contribution in [0.1, 0.15) is 18.1 Å². The van der Waals surface area contributed by atoms with Gasteiger partial charge < -0.3 is 24.8 Å². The first kappa shape index (κ1) is 23.8. The number of benzene rings is 2. The molecule has 0 aliphatic carbocycles.